The quantitative estimate of drug-likeness (QED) is 0.556. The first-order valence-electron chi connectivity index (χ1n) is 10.6. The van der Waals surface area contributed by atoms with Crippen molar-refractivity contribution in [1.29, 1.82) is 0 Å². The van der Waals surface area contributed by atoms with E-state index >= 15 is 0 Å². The average molecular weight is 416 g/mol. The summed E-state index contributed by atoms with van der Waals surface area (Å²) in [6.07, 6.45) is 0. The maximum absolute atomic E-state index is 12.2. The summed E-state index contributed by atoms with van der Waals surface area (Å²) in [5.41, 5.74) is 3.86. The highest BCUT2D eigenvalue weighted by Gasteiger charge is 2.25. The van der Waals surface area contributed by atoms with Gasteiger partial charge in [-0.1, -0.05) is 35.9 Å². The fraction of sp³-hybridized carbons (Fsp3) is 0.304. The van der Waals surface area contributed by atoms with Crippen molar-refractivity contribution in [2.45, 2.75) is 13.8 Å². The van der Waals surface area contributed by atoms with Gasteiger partial charge in [-0.25, -0.2) is 14.2 Å². The van der Waals surface area contributed by atoms with Gasteiger partial charge in [0, 0.05) is 43.7 Å². The van der Waals surface area contributed by atoms with E-state index in [0.717, 1.165) is 33.9 Å². The molecule has 5 rings (SSSR count). The largest absolute Gasteiger partial charge is 0.338 e. The van der Waals surface area contributed by atoms with Gasteiger partial charge in [0.2, 0.25) is 5.95 Å². The summed E-state index contributed by atoms with van der Waals surface area (Å²) >= 11 is 0. The number of rotatable bonds is 3. The van der Waals surface area contributed by atoms with Crippen LogP contribution in [-0.2, 0) is 0 Å². The molecule has 0 saturated carbocycles. The summed E-state index contributed by atoms with van der Waals surface area (Å²) in [5.74, 6) is 1.59. The van der Waals surface area contributed by atoms with Gasteiger partial charge < -0.3 is 15.1 Å². The van der Waals surface area contributed by atoms with Crippen LogP contribution in [0.3, 0.4) is 0 Å². The predicted octanol–water partition coefficient (Wildman–Crippen LogP) is 3.10. The van der Waals surface area contributed by atoms with E-state index in [9.17, 15) is 4.79 Å². The van der Waals surface area contributed by atoms with E-state index in [2.05, 4.69) is 49.9 Å². The van der Waals surface area contributed by atoms with E-state index in [1.165, 1.54) is 5.56 Å². The van der Waals surface area contributed by atoms with Crippen LogP contribution in [0.1, 0.15) is 12.5 Å². The molecule has 0 aliphatic carbocycles. The van der Waals surface area contributed by atoms with Crippen LogP contribution >= 0.6 is 0 Å². The van der Waals surface area contributed by atoms with Crippen LogP contribution in [0, 0.1) is 6.92 Å². The molecule has 0 radical (unpaired) electrons. The van der Waals surface area contributed by atoms with Gasteiger partial charge in [0.05, 0.1) is 5.52 Å². The van der Waals surface area contributed by atoms with E-state index in [-0.39, 0.29) is 6.03 Å². The Morgan fingerprint density at radius 3 is 2.61 bits per heavy atom. The number of hydrogen-bond donors (Lipinski definition) is 1. The van der Waals surface area contributed by atoms with Gasteiger partial charge >= 0.3 is 6.03 Å². The van der Waals surface area contributed by atoms with Crippen LogP contribution in [0.5, 0.6) is 0 Å². The smallest absolute Gasteiger partial charge is 0.317 e. The molecule has 0 bridgehead atoms. The number of nitrogens with one attached hydrogen (secondary N) is 1. The number of carbonyl (C=O) groups excluding carboxylic acids is 1. The summed E-state index contributed by atoms with van der Waals surface area (Å²) < 4.78 is 2.05. The third-order valence-electron chi connectivity index (χ3n) is 5.68. The maximum atomic E-state index is 12.2. The standard InChI is InChI=1S/C23H25N7O/c1-3-24-23(31)29-13-11-28(12-14-29)22-25-19-10-5-4-9-18(19)21-27-26-20(30(21)22)17-8-6-7-16(2)15-17/h4-10,15H,3,11-14H2,1-2H3,(H,24,31). The van der Waals surface area contributed by atoms with Gasteiger partial charge in [-0.15, -0.1) is 10.2 Å². The molecule has 158 valence electrons. The second kappa shape index (κ2) is 7.86. The number of nitrogens with zero attached hydrogens (tertiary/aromatic N) is 6. The molecular weight excluding hydrogens is 390 g/mol. The van der Waals surface area contributed by atoms with Crippen molar-refractivity contribution in [3.05, 3.63) is 54.1 Å². The number of urea groups is 1. The number of aromatic nitrogens is 4. The molecule has 0 atom stereocenters. The topological polar surface area (TPSA) is 78.7 Å². The van der Waals surface area contributed by atoms with E-state index in [1.807, 2.05) is 42.2 Å². The Bertz CT molecular complexity index is 1260. The number of benzene rings is 2. The molecular formula is C23H25N7O. The van der Waals surface area contributed by atoms with E-state index < -0.39 is 0 Å². The Morgan fingerprint density at radius 1 is 1.03 bits per heavy atom. The first-order valence-corrected chi connectivity index (χ1v) is 10.6. The zero-order chi connectivity index (χ0) is 21.4. The molecule has 1 N–H and O–H groups in total. The Kier molecular flexibility index (Phi) is 4.89. The maximum Gasteiger partial charge on any atom is 0.317 e. The highest BCUT2D eigenvalue weighted by atomic mass is 16.2. The fourth-order valence-corrected chi connectivity index (χ4v) is 4.12. The second-order valence-corrected chi connectivity index (χ2v) is 7.79. The number of fused-ring (bicyclic) bond motifs is 3. The van der Waals surface area contributed by atoms with Gasteiger partial charge in [-0.05, 0) is 32.0 Å². The van der Waals surface area contributed by atoms with Crippen molar-refractivity contribution in [2.75, 3.05) is 37.6 Å². The SMILES string of the molecule is CCNC(=O)N1CCN(c2nc3ccccc3c3nnc(-c4cccc(C)c4)n23)CC1. The third-order valence-corrected chi connectivity index (χ3v) is 5.68. The number of piperazine rings is 1. The lowest BCUT2D eigenvalue weighted by molar-refractivity contribution is 0.194. The summed E-state index contributed by atoms with van der Waals surface area (Å²) in [6, 6.07) is 16.3. The highest BCUT2D eigenvalue weighted by molar-refractivity contribution is 5.93. The van der Waals surface area contributed by atoms with E-state index in [0.29, 0.717) is 32.7 Å². The van der Waals surface area contributed by atoms with Crippen molar-refractivity contribution in [3.63, 3.8) is 0 Å². The number of hydrogen-bond acceptors (Lipinski definition) is 5. The number of anilines is 1. The molecule has 1 aliphatic heterocycles. The van der Waals surface area contributed by atoms with Crippen molar-refractivity contribution in [2.24, 2.45) is 0 Å². The highest BCUT2D eigenvalue weighted by Crippen LogP contribution is 2.29. The van der Waals surface area contributed by atoms with E-state index in [1.54, 1.807) is 0 Å². The normalized spacial score (nSPS) is 14.4. The van der Waals surface area contributed by atoms with Crippen LogP contribution in [0.4, 0.5) is 10.7 Å². The molecule has 8 nitrogen and oxygen atoms in total. The monoisotopic (exact) mass is 415 g/mol. The van der Waals surface area contributed by atoms with Gasteiger partial charge in [0.25, 0.3) is 0 Å². The summed E-state index contributed by atoms with van der Waals surface area (Å²) in [6.45, 7) is 7.32. The Morgan fingerprint density at radius 2 is 1.84 bits per heavy atom. The minimum atomic E-state index is -0.0106. The van der Waals surface area contributed by atoms with Gasteiger partial charge in [0.15, 0.2) is 11.5 Å². The van der Waals surface area contributed by atoms with E-state index in [4.69, 9.17) is 4.98 Å². The van der Waals surface area contributed by atoms with Crippen LogP contribution < -0.4 is 10.2 Å². The van der Waals surface area contributed by atoms with Crippen molar-refractivity contribution < 1.29 is 4.79 Å². The molecule has 31 heavy (non-hydrogen) atoms. The first-order chi connectivity index (χ1) is 15.2. The number of aryl methyl sites for hydroxylation is 1. The Balaban J connectivity index is 1.61. The van der Waals surface area contributed by atoms with Gasteiger partial charge in [-0.2, -0.15) is 0 Å². The lowest BCUT2D eigenvalue weighted by Crippen LogP contribution is -2.52. The Hall–Kier alpha value is -3.68. The number of amides is 2. The Labute approximate surface area is 180 Å². The van der Waals surface area contributed by atoms with Crippen LogP contribution in [0.2, 0.25) is 0 Å². The molecule has 4 aromatic rings. The molecule has 1 aliphatic rings. The third kappa shape index (κ3) is 3.43. The minimum Gasteiger partial charge on any atom is -0.338 e. The molecule has 1 fully saturated rings. The summed E-state index contributed by atoms with van der Waals surface area (Å²) in [5, 5.41) is 13.0. The fourth-order valence-electron chi connectivity index (χ4n) is 4.12. The predicted molar refractivity (Wildman–Crippen MR) is 121 cm³/mol. The molecule has 2 amide bonds. The lowest BCUT2D eigenvalue weighted by Gasteiger charge is -2.35. The molecule has 2 aromatic carbocycles. The number of para-hydroxylation sites is 1. The molecule has 8 heteroatoms. The molecule has 2 aromatic heterocycles. The summed E-state index contributed by atoms with van der Waals surface area (Å²) in [4.78, 5) is 21.3. The molecule has 1 saturated heterocycles. The van der Waals surface area contributed by atoms with Crippen LogP contribution in [0.15, 0.2) is 48.5 Å². The van der Waals surface area contributed by atoms with Gasteiger partial charge in [0.1, 0.15) is 0 Å². The van der Waals surface area contributed by atoms with Crippen LogP contribution in [-0.4, -0.2) is 63.2 Å². The summed E-state index contributed by atoms with van der Waals surface area (Å²) in [7, 11) is 0. The molecule has 0 unspecified atom stereocenters. The first kappa shape index (κ1) is 19.3. The number of carbonyl (C=O) groups is 1. The second-order valence-electron chi connectivity index (χ2n) is 7.79. The molecule has 3 heterocycles. The van der Waals surface area contributed by atoms with Crippen LogP contribution in [0.25, 0.3) is 27.9 Å². The average Bonchev–Trinajstić information content (AvgIpc) is 3.24. The minimum absolute atomic E-state index is 0.0106. The van der Waals surface area contributed by atoms with Crippen molar-refractivity contribution >= 4 is 28.5 Å². The van der Waals surface area contributed by atoms with Crippen molar-refractivity contribution in [1.82, 2.24) is 29.8 Å². The molecule has 0 spiro atoms. The zero-order valence-corrected chi connectivity index (χ0v) is 17.7. The van der Waals surface area contributed by atoms with Crippen molar-refractivity contribution in [3.8, 4) is 11.4 Å². The zero-order valence-electron chi connectivity index (χ0n) is 17.7. The van der Waals surface area contributed by atoms with Gasteiger partial charge in [-0.3, -0.25) is 0 Å². The lowest BCUT2D eigenvalue weighted by atomic mass is 10.1.